The summed E-state index contributed by atoms with van der Waals surface area (Å²) in [6.07, 6.45) is 0.398. The van der Waals surface area contributed by atoms with Crippen LogP contribution in [-0.4, -0.2) is 21.1 Å². The summed E-state index contributed by atoms with van der Waals surface area (Å²) in [7, 11) is 0. The Morgan fingerprint density at radius 3 is 2.96 bits per heavy atom. The Hall–Kier alpha value is -3.26. The van der Waals surface area contributed by atoms with Crippen LogP contribution in [0, 0.1) is 0 Å². The van der Waals surface area contributed by atoms with Crippen molar-refractivity contribution in [2.75, 3.05) is 0 Å². The van der Waals surface area contributed by atoms with E-state index < -0.39 is 5.97 Å². The number of benzene rings is 1. The van der Waals surface area contributed by atoms with Crippen LogP contribution in [0.1, 0.15) is 17.9 Å². The number of carbonyl (C=O) groups is 1. The van der Waals surface area contributed by atoms with E-state index in [9.17, 15) is 9.59 Å². The molecule has 0 aliphatic heterocycles. The van der Waals surface area contributed by atoms with Crippen molar-refractivity contribution in [1.29, 1.82) is 0 Å². The monoisotopic (exact) mass is 381 g/mol. The molecule has 0 unspecified atom stereocenters. The van der Waals surface area contributed by atoms with E-state index in [2.05, 4.69) is 15.1 Å². The van der Waals surface area contributed by atoms with E-state index in [1.165, 1.54) is 0 Å². The summed E-state index contributed by atoms with van der Waals surface area (Å²) >= 11 is 1.54. The molecule has 0 amide bonds. The SMILES string of the molecule is O=C(CCc1nc2ccccc2c(=O)[nH]1)OCc1cc(-c2cccs2)on1. The van der Waals surface area contributed by atoms with Gasteiger partial charge in [0.15, 0.2) is 5.76 Å². The highest BCUT2D eigenvalue weighted by Crippen LogP contribution is 2.25. The number of thiophene rings is 1. The first-order valence-electron chi connectivity index (χ1n) is 8.32. The molecule has 0 fully saturated rings. The van der Waals surface area contributed by atoms with Crippen LogP contribution in [0.3, 0.4) is 0 Å². The molecule has 0 spiro atoms. The number of fused-ring (bicyclic) bond motifs is 1. The largest absolute Gasteiger partial charge is 0.459 e. The Labute approximate surface area is 157 Å². The molecule has 0 bridgehead atoms. The number of nitrogens with zero attached hydrogens (tertiary/aromatic N) is 2. The Balaban J connectivity index is 1.33. The molecule has 0 saturated carbocycles. The maximum atomic E-state index is 12.0. The Morgan fingerprint density at radius 2 is 2.11 bits per heavy atom. The molecule has 1 N–H and O–H groups in total. The average molecular weight is 381 g/mol. The molecule has 0 saturated heterocycles. The van der Waals surface area contributed by atoms with E-state index in [4.69, 9.17) is 9.26 Å². The summed E-state index contributed by atoms with van der Waals surface area (Å²) in [5, 5.41) is 6.37. The van der Waals surface area contributed by atoms with Crippen molar-refractivity contribution in [2.24, 2.45) is 0 Å². The highest BCUT2D eigenvalue weighted by atomic mass is 32.1. The van der Waals surface area contributed by atoms with Gasteiger partial charge in [0.05, 0.1) is 22.2 Å². The third kappa shape index (κ3) is 3.95. The molecule has 0 atom stereocenters. The number of hydrogen-bond donors (Lipinski definition) is 1. The van der Waals surface area contributed by atoms with Crippen LogP contribution in [0.25, 0.3) is 21.5 Å². The standard InChI is InChI=1S/C19H15N3O4S/c23-18(25-11-12-10-15(26-22-12)16-6-3-9-27-16)8-7-17-20-14-5-2-1-4-13(14)19(24)21-17/h1-6,9-10H,7-8,11H2,(H,20,21,24). The van der Waals surface area contributed by atoms with Crippen LogP contribution >= 0.6 is 11.3 Å². The first-order chi connectivity index (χ1) is 13.2. The Morgan fingerprint density at radius 1 is 1.22 bits per heavy atom. The number of hydrogen-bond acceptors (Lipinski definition) is 7. The van der Waals surface area contributed by atoms with E-state index in [0.29, 0.717) is 28.2 Å². The molecule has 0 aliphatic carbocycles. The van der Waals surface area contributed by atoms with Gasteiger partial charge in [-0.1, -0.05) is 23.4 Å². The molecule has 4 rings (SSSR count). The zero-order valence-corrected chi connectivity index (χ0v) is 15.0. The second kappa shape index (κ2) is 7.55. The summed E-state index contributed by atoms with van der Waals surface area (Å²) in [6.45, 7) is 0.0371. The van der Waals surface area contributed by atoms with Gasteiger partial charge >= 0.3 is 5.97 Å². The Bertz CT molecular complexity index is 1130. The number of aromatic nitrogens is 3. The van der Waals surface area contributed by atoms with Gasteiger partial charge in [-0.3, -0.25) is 9.59 Å². The molecule has 7 nitrogen and oxygen atoms in total. The second-order valence-electron chi connectivity index (χ2n) is 5.85. The minimum absolute atomic E-state index is 0.0371. The topological polar surface area (TPSA) is 98.1 Å². The third-order valence-corrected chi connectivity index (χ3v) is 4.82. The minimum Gasteiger partial charge on any atom is -0.459 e. The van der Waals surface area contributed by atoms with Crippen LogP contribution in [0.15, 0.2) is 57.2 Å². The number of H-pyrrole nitrogens is 1. The molecule has 0 radical (unpaired) electrons. The number of carbonyl (C=O) groups excluding carboxylic acids is 1. The van der Waals surface area contributed by atoms with Crippen LogP contribution in [0.4, 0.5) is 0 Å². The van der Waals surface area contributed by atoms with E-state index in [1.54, 1.807) is 35.6 Å². The molecule has 3 aromatic heterocycles. The number of aryl methyl sites for hydroxylation is 1. The first-order valence-corrected chi connectivity index (χ1v) is 9.20. The maximum Gasteiger partial charge on any atom is 0.306 e. The second-order valence-corrected chi connectivity index (χ2v) is 6.80. The average Bonchev–Trinajstić information content (AvgIpc) is 3.36. The van der Waals surface area contributed by atoms with Gasteiger partial charge in [0.1, 0.15) is 18.1 Å². The van der Waals surface area contributed by atoms with Gasteiger partial charge in [0.25, 0.3) is 5.56 Å². The molecule has 27 heavy (non-hydrogen) atoms. The molecule has 0 aliphatic rings. The van der Waals surface area contributed by atoms with Crippen LogP contribution in [0.5, 0.6) is 0 Å². The minimum atomic E-state index is -0.397. The van der Waals surface area contributed by atoms with Gasteiger partial charge < -0.3 is 14.2 Å². The van der Waals surface area contributed by atoms with Gasteiger partial charge in [-0.15, -0.1) is 11.3 Å². The number of esters is 1. The fraction of sp³-hybridized carbons (Fsp3) is 0.158. The zero-order chi connectivity index (χ0) is 18.6. The summed E-state index contributed by atoms with van der Waals surface area (Å²) < 4.78 is 10.5. The molecular weight excluding hydrogens is 366 g/mol. The molecule has 136 valence electrons. The highest BCUT2D eigenvalue weighted by Gasteiger charge is 2.11. The number of nitrogens with one attached hydrogen (secondary N) is 1. The number of para-hydroxylation sites is 1. The van der Waals surface area contributed by atoms with E-state index in [1.807, 2.05) is 23.6 Å². The van der Waals surface area contributed by atoms with Gasteiger partial charge in [-0.2, -0.15) is 0 Å². The maximum absolute atomic E-state index is 12.0. The van der Waals surface area contributed by atoms with E-state index in [-0.39, 0.29) is 25.0 Å². The van der Waals surface area contributed by atoms with Gasteiger partial charge in [0, 0.05) is 12.5 Å². The third-order valence-electron chi connectivity index (χ3n) is 3.93. The summed E-state index contributed by atoms with van der Waals surface area (Å²) in [4.78, 5) is 32.0. The normalized spacial score (nSPS) is 11.0. The predicted molar refractivity (Wildman–Crippen MR) is 100 cm³/mol. The van der Waals surface area contributed by atoms with Crippen molar-refractivity contribution in [3.05, 3.63) is 69.7 Å². The lowest BCUT2D eigenvalue weighted by molar-refractivity contribution is -0.145. The van der Waals surface area contributed by atoms with Crippen LogP contribution in [0.2, 0.25) is 0 Å². The summed E-state index contributed by atoms with van der Waals surface area (Å²) in [6, 6.07) is 12.7. The van der Waals surface area contributed by atoms with Gasteiger partial charge in [-0.05, 0) is 23.6 Å². The fourth-order valence-corrected chi connectivity index (χ4v) is 3.29. The molecule has 4 aromatic rings. The highest BCUT2D eigenvalue weighted by molar-refractivity contribution is 7.13. The summed E-state index contributed by atoms with van der Waals surface area (Å²) in [5.74, 6) is 0.706. The lowest BCUT2D eigenvalue weighted by Gasteiger charge is -2.04. The van der Waals surface area contributed by atoms with Crippen molar-refractivity contribution in [3.8, 4) is 10.6 Å². The van der Waals surface area contributed by atoms with Crippen LogP contribution in [-0.2, 0) is 22.6 Å². The van der Waals surface area contributed by atoms with Crippen LogP contribution < -0.4 is 5.56 Å². The number of aromatic amines is 1. The number of rotatable bonds is 6. The quantitative estimate of drug-likeness (QED) is 0.515. The molecule has 8 heteroatoms. The number of ether oxygens (including phenoxy) is 1. The Kier molecular flexibility index (Phi) is 4.80. The van der Waals surface area contributed by atoms with Crippen molar-refractivity contribution in [2.45, 2.75) is 19.4 Å². The van der Waals surface area contributed by atoms with Gasteiger partial charge in [-0.25, -0.2) is 4.98 Å². The lowest BCUT2D eigenvalue weighted by Crippen LogP contribution is -2.14. The van der Waals surface area contributed by atoms with Gasteiger partial charge in [0.2, 0.25) is 0 Å². The smallest absolute Gasteiger partial charge is 0.306 e. The van der Waals surface area contributed by atoms with Crippen molar-refractivity contribution in [1.82, 2.24) is 15.1 Å². The zero-order valence-electron chi connectivity index (χ0n) is 14.2. The molecule has 1 aromatic carbocycles. The van der Waals surface area contributed by atoms with Crippen molar-refractivity contribution < 1.29 is 14.1 Å². The molecular formula is C19H15N3O4S. The van der Waals surface area contributed by atoms with Crippen molar-refractivity contribution >= 4 is 28.2 Å². The van der Waals surface area contributed by atoms with E-state index >= 15 is 0 Å². The van der Waals surface area contributed by atoms with E-state index in [0.717, 1.165) is 4.88 Å². The predicted octanol–water partition coefficient (Wildman–Crippen LogP) is 3.32. The summed E-state index contributed by atoms with van der Waals surface area (Å²) in [5.41, 5.74) is 0.935. The van der Waals surface area contributed by atoms with Crippen molar-refractivity contribution in [3.63, 3.8) is 0 Å². The fourth-order valence-electron chi connectivity index (χ4n) is 2.62. The first kappa shape index (κ1) is 17.2. The lowest BCUT2D eigenvalue weighted by atomic mass is 10.2. The molecule has 3 heterocycles.